The fourth-order valence-electron chi connectivity index (χ4n) is 11.3. The van der Waals surface area contributed by atoms with Gasteiger partial charge in [-0.05, 0) is 117 Å². The minimum atomic E-state index is -2.34. The second-order valence-electron chi connectivity index (χ2n) is 17.6. The highest BCUT2D eigenvalue weighted by atomic mass is 28.3. The molecule has 11 rings (SSSR count). The molecule has 1 saturated carbocycles. The summed E-state index contributed by atoms with van der Waals surface area (Å²) in [5, 5.41) is 15.1. The Morgan fingerprint density at radius 2 is 1.42 bits per heavy atom. The van der Waals surface area contributed by atoms with Gasteiger partial charge in [-0.15, -0.1) is 0 Å². The van der Waals surface area contributed by atoms with Crippen LogP contribution in [0.2, 0.25) is 13.1 Å². The summed E-state index contributed by atoms with van der Waals surface area (Å²) in [5.74, 6) is -1.13. The van der Waals surface area contributed by atoms with Gasteiger partial charge in [-0.3, -0.25) is 9.59 Å². The zero-order valence-electron chi connectivity index (χ0n) is 32.7. The molecule has 5 aromatic rings. The molecule has 5 aromatic carbocycles. The van der Waals surface area contributed by atoms with E-state index in [0.29, 0.717) is 25.7 Å². The Bertz CT molecular complexity index is 2770. The van der Waals surface area contributed by atoms with Gasteiger partial charge in [-0.25, -0.2) is 4.58 Å². The van der Waals surface area contributed by atoms with E-state index in [0.717, 1.165) is 42.6 Å². The molecule has 57 heavy (non-hydrogen) atoms. The van der Waals surface area contributed by atoms with Crippen molar-refractivity contribution in [2.45, 2.75) is 63.7 Å². The number of ketones is 1. The third-order valence-electron chi connectivity index (χ3n) is 14.3. The minimum absolute atomic E-state index is 0.146. The highest BCUT2D eigenvalue weighted by molar-refractivity contribution is 7.01. The van der Waals surface area contributed by atoms with Crippen molar-refractivity contribution in [1.29, 1.82) is 0 Å². The summed E-state index contributed by atoms with van der Waals surface area (Å²) in [5.41, 5.74) is 13.6. The summed E-state index contributed by atoms with van der Waals surface area (Å²) in [6.45, 7) is 7.02. The van der Waals surface area contributed by atoms with Gasteiger partial charge in [-0.1, -0.05) is 98.0 Å². The summed E-state index contributed by atoms with van der Waals surface area (Å²) in [6, 6.07) is 36.5. The van der Waals surface area contributed by atoms with Crippen LogP contribution in [0.15, 0.2) is 109 Å². The summed E-state index contributed by atoms with van der Waals surface area (Å²) in [4.78, 5) is 29.1. The predicted molar refractivity (Wildman–Crippen MR) is 232 cm³/mol. The number of carboxylic acids is 1. The first-order chi connectivity index (χ1) is 27.8. The molecule has 0 saturated heterocycles. The van der Waals surface area contributed by atoms with Crippen LogP contribution in [0.5, 0.6) is 0 Å². The Morgan fingerprint density at radius 1 is 0.719 bits per heavy atom. The summed E-state index contributed by atoms with van der Waals surface area (Å²) < 4.78 is 2.62. The molecule has 1 aliphatic carbocycles. The number of nitrogens with zero attached hydrogens (tertiary/aromatic N) is 2. The maximum absolute atomic E-state index is 14.7. The quantitative estimate of drug-likeness (QED) is 0.121. The molecule has 0 aromatic heterocycles. The number of carbonyl (C=O) groups is 2. The first kappa shape index (κ1) is 34.6. The molecule has 1 fully saturated rings. The van der Waals surface area contributed by atoms with Crippen LogP contribution in [0.25, 0.3) is 17.7 Å². The van der Waals surface area contributed by atoms with Gasteiger partial charge in [0.05, 0.1) is 12.0 Å². The first-order valence-electron chi connectivity index (χ1n) is 20.9. The van der Waals surface area contributed by atoms with Crippen LogP contribution in [-0.2, 0) is 17.6 Å². The molecule has 2 atom stereocenters. The molecule has 0 amide bonds. The predicted octanol–water partition coefficient (Wildman–Crippen LogP) is 7.09. The number of hydrogen-bond acceptors (Lipinski definition) is 3. The van der Waals surface area contributed by atoms with Crippen molar-refractivity contribution in [3.63, 3.8) is 0 Å². The number of benzene rings is 5. The van der Waals surface area contributed by atoms with Gasteiger partial charge in [-0.2, -0.15) is 0 Å². The molecule has 2 unspecified atom stereocenters. The molecule has 0 radical (unpaired) electrons. The molecule has 0 bridgehead atoms. The second-order valence-corrected chi connectivity index (χ2v) is 21.9. The third kappa shape index (κ3) is 5.29. The number of rotatable bonds is 4. The second kappa shape index (κ2) is 13.0. The summed E-state index contributed by atoms with van der Waals surface area (Å²) >= 11 is 0. The van der Waals surface area contributed by atoms with Crippen molar-refractivity contribution in [1.82, 2.24) is 4.58 Å². The summed E-state index contributed by atoms with van der Waals surface area (Å²) in [6.07, 6.45) is 13.8. The molecule has 5 heterocycles. The molecule has 1 N–H and O–H groups in total. The average molecular weight is 764 g/mol. The minimum Gasteiger partial charge on any atom is -0.481 e. The largest absolute Gasteiger partial charge is 0.481 e. The molecule has 0 spiro atoms. The number of aliphatic carboxylic acids is 1. The number of Topliss-reactive ketones (excluding diaryl/α,β-unsaturated/α-hetero) is 1. The Hall–Kier alpha value is -5.59. The number of carboxylic acid groups (broad SMARTS) is 1. The zero-order chi connectivity index (χ0) is 38.6. The van der Waals surface area contributed by atoms with Gasteiger partial charge in [0.25, 0.3) is 0 Å². The van der Waals surface area contributed by atoms with E-state index in [1.165, 1.54) is 65.6 Å². The SMILES string of the molecule is C[Si]1(C)c2cc3c(cc2C(c2ccccc2C(=O)C2CCC(C(=O)O)CC2)=c2cc4c(cc21)=[N+]1CCc2ccccc2C1C=C4)C=CC1c2ccccc2CCN31. The molecule has 282 valence electrons. The first-order valence-corrected chi connectivity index (χ1v) is 23.9. The van der Waals surface area contributed by atoms with Gasteiger partial charge in [0, 0.05) is 47.3 Å². The van der Waals surface area contributed by atoms with Crippen LogP contribution < -0.4 is 30.4 Å². The average Bonchev–Trinajstić information content (AvgIpc) is 3.25. The Balaban J connectivity index is 1.14. The fourth-order valence-corrected chi connectivity index (χ4v) is 14.3. The lowest BCUT2D eigenvalue weighted by atomic mass is 9.77. The van der Waals surface area contributed by atoms with Crippen LogP contribution in [-0.4, -0.2) is 38.0 Å². The molecule has 5 nitrogen and oxygen atoms in total. The maximum atomic E-state index is 14.7. The lowest BCUT2D eigenvalue weighted by molar-refractivity contribution is -0.143. The lowest BCUT2D eigenvalue weighted by Gasteiger charge is -2.42. The Labute approximate surface area is 335 Å². The van der Waals surface area contributed by atoms with E-state index >= 15 is 0 Å². The monoisotopic (exact) mass is 763 g/mol. The van der Waals surface area contributed by atoms with Crippen LogP contribution in [0.4, 0.5) is 5.69 Å². The van der Waals surface area contributed by atoms with Gasteiger partial charge in [0.15, 0.2) is 11.8 Å². The highest BCUT2D eigenvalue weighted by Gasteiger charge is 2.41. The van der Waals surface area contributed by atoms with Gasteiger partial charge >= 0.3 is 5.97 Å². The van der Waals surface area contributed by atoms with E-state index in [4.69, 9.17) is 0 Å². The van der Waals surface area contributed by atoms with Crippen LogP contribution >= 0.6 is 0 Å². The van der Waals surface area contributed by atoms with Gasteiger partial charge < -0.3 is 10.0 Å². The number of fused-ring (bicyclic) bond motifs is 11. The number of hydrogen-bond donors (Lipinski definition) is 1. The van der Waals surface area contributed by atoms with Gasteiger partial charge in [0.1, 0.15) is 14.6 Å². The normalized spacial score (nSPS) is 23.2. The van der Waals surface area contributed by atoms with Crippen molar-refractivity contribution < 1.29 is 14.7 Å². The molecule has 5 aliphatic heterocycles. The lowest BCUT2D eigenvalue weighted by Crippen LogP contribution is -2.64. The van der Waals surface area contributed by atoms with Crippen LogP contribution in [0.3, 0.4) is 0 Å². The van der Waals surface area contributed by atoms with E-state index in [-0.39, 0.29) is 29.7 Å². The van der Waals surface area contributed by atoms with Crippen molar-refractivity contribution >= 4 is 53.6 Å². The molecular formula is C51H47N2O3Si+. The fraction of sp³-hybridized carbons (Fsp3) is 0.275. The number of carbonyl (C=O) groups excluding carboxylic acids is 1. The van der Waals surface area contributed by atoms with Crippen molar-refractivity contribution in [2.24, 2.45) is 11.8 Å². The zero-order valence-corrected chi connectivity index (χ0v) is 33.7. The summed E-state index contributed by atoms with van der Waals surface area (Å²) in [7, 11) is -2.34. The molecule has 6 heteroatoms. The third-order valence-corrected chi connectivity index (χ3v) is 17.8. The smallest absolute Gasteiger partial charge is 0.306 e. The maximum Gasteiger partial charge on any atom is 0.306 e. The van der Waals surface area contributed by atoms with E-state index in [1.807, 2.05) is 12.1 Å². The van der Waals surface area contributed by atoms with Crippen LogP contribution in [0.1, 0.15) is 92.6 Å². The van der Waals surface area contributed by atoms with Gasteiger partial charge in [0.2, 0.25) is 5.36 Å². The van der Waals surface area contributed by atoms with E-state index in [9.17, 15) is 14.7 Å². The van der Waals surface area contributed by atoms with Crippen molar-refractivity contribution in [3.8, 4) is 0 Å². The van der Waals surface area contributed by atoms with Crippen LogP contribution in [0, 0.1) is 11.8 Å². The van der Waals surface area contributed by atoms with E-state index in [2.05, 4.69) is 132 Å². The van der Waals surface area contributed by atoms with E-state index < -0.39 is 14.0 Å². The van der Waals surface area contributed by atoms with Crippen molar-refractivity contribution in [3.05, 3.63) is 170 Å². The molecule has 6 aliphatic rings. The Kier molecular flexibility index (Phi) is 7.88. The topological polar surface area (TPSA) is 60.6 Å². The number of anilines is 1. The van der Waals surface area contributed by atoms with E-state index in [1.54, 1.807) is 0 Å². The Morgan fingerprint density at radius 3 is 2.23 bits per heavy atom. The molecular weight excluding hydrogens is 717 g/mol. The van der Waals surface area contributed by atoms with Crippen molar-refractivity contribution in [2.75, 3.05) is 18.0 Å². The standard InChI is InChI=1S/C51H46N2O3Si/c1-57(2)47-29-45-35(19-21-43-37-11-5-3-9-31(37)23-25-52(43)45)27-41(47)49(39-13-7-8-14-40(39)50(54)33-15-17-34(18-16-33)51(55)56)42-28-36-20-22-44-38-12-6-4-10-32(38)24-26-53(44)46(36)30-48(42)57/h3-14,19-22,27-30,33-34,43-44H,15-18,23-26H2,1-2H3/p+1. The highest BCUT2D eigenvalue weighted by Crippen LogP contribution is 2.43.